The van der Waals surface area contributed by atoms with Crippen molar-refractivity contribution in [3.05, 3.63) is 29.8 Å². The van der Waals surface area contributed by atoms with Crippen LogP contribution < -0.4 is 10.5 Å². The molecule has 2 atom stereocenters. The fourth-order valence-corrected chi connectivity index (χ4v) is 5.72. The van der Waals surface area contributed by atoms with Crippen LogP contribution in [0.5, 0.6) is 5.88 Å². The van der Waals surface area contributed by atoms with Crippen molar-refractivity contribution in [1.82, 2.24) is 19.7 Å². The van der Waals surface area contributed by atoms with E-state index in [2.05, 4.69) is 29.7 Å². The minimum absolute atomic E-state index is 0.0434. The van der Waals surface area contributed by atoms with Crippen molar-refractivity contribution in [3.8, 4) is 17.1 Å². The molecule has 2 saturated heterocycles. The van der Waals surface area contributed by atoms with Gasteiger partial charge >= 0.3 is 0 Å². The molecule has 2 aliphatic heterocycles. The van der Waals surface area contributed by atoms with Gasteiger partial charge in [0.2, 0.25) is 11.8 Å². The number of halogens is 1. The molecule has 2 N–H and O–H groups in total. The molecule has 0 aliphatic carbocycles. The molecule has 2 bridgehead atoms. The van der Waals surface area contributed by atoms with Crippen LogP contribution in [0.25, 0.3) is 11.3 Å². The van der Waals surface area contributed by atoms with Crippen LogP contribution in [0.2, 0.25) is 25.7 Å². The Labute approximate surface area is 205 Å². The van der Waals surface area contributed by atoms with Gasteiger partial charge in [0.25, 0.3) is 5.91 Å². The Morgan fingerprint density at radius 2 is 1.89 bits per heavy atom. The second-order valence-electron chi connectivity index (χ2n) is 10.6. The highest BCUT2D eigenvalue weighted by Gasteiger charge is 2.45. The highest BCUT2D eigenvalue weighted by atomic mass is 28.3. The number of nitrogens with zero attached hydrogens (tertiary/aromatic N) is 4. The first-order chi connectivity index (χ1) is 16.6. The standard InChI is InChI=1S/C24H34FN5O4Si/c1-33-22-11-18(19(25)13-27-22)21-12-20(28-29(21)14-34-7-8-35(2,3)4)24(32)30-16-5-6-17(30)10-15(9-16)23(26)31/h11-13,15-17H,5-10,14H2,1-4H3,(H2,26,31). The van der Waals surface area contributed by atoms with E-state index in [1.165, 1.54) is 17.9 Å². The molecule has 35 heavy (non-hydrogen) atoms. The van der Waals surface area contributed by atoms with Crippen LogP contribution in [0.3, 0.4) is 0 Å². The number of ether oxygens (including phenoxy) is 2. The third-order valence-electron chi connectivity index (χ3n) is 6.89. The summed E-state index contributed by atoms with van der Waals surface area (Å²) in [5.74, 6) is -1.02. The average Bonchev–Trinajstić information content (AvgIpc) is 3.33. The predicted octanol–water partition coefficient (Wildman–Crippen LogP) is 3.27. The van der Waals surface area contributed by atoms with Crippen molar-refractivity contribution >= 4 is 19.9 Å². The van der Waals surface area contributed by atoms with Crippen molar-refractivity contribution in [3.63, 3.8) is 0 Å². The number of hydrogen-bond acceptors (Lipinski definition) is 6. The summed E-state index contributed by atoms with van der Waals surface area (Å²) >= 11 is 0. The molecule has 11 heteroatoms. The van der Waals surface area contributed by atoms with E-state index in [1.807, 2.05) is 4.90 Å². The van der Waals surface area contributed by atoms with E-state index in [-0.39, 0.29) is 53.7 Å². The first-order valence-electron chi connectivity index (χ1n) is 12.0. The Morgan fingerprint density at radius 3 is 2.49 bits per heavy atom. The van der Waals surface area contributed by atoms with Crippen LogP contribution in [0.15, 0.2) is 18.3 Å². The van der Waals surface area contributed by atoms with Gasteiger partial charge in [-0.25, -0.2) is 14.1 Å². The largest absolute Gasteiger partial charge is 0.481 e. The van der Waals surface area contributed by atoms with Crippen molar-refractivity contribution < 1.29 is 23.5 Å². The summed E-state index contributed by atoms with van der Waals surface area (Å²) in [4.78, 5) is 31.1. The van der Waals surface area contributed by atoms with E-state index in [1.54, 1.807) is 6.07 Å². The molecular weight excluding hydrogens is 469 g/mol. The molecule has 2 fully saturated rings. The third kappa shape index (κ3) is 5.56. The van der Waals surface area contributed by atoms with Crippen molar-refractivity contribution in [1.29, 1.82) is 0 Å². The summed E-state index contributed by atoms with van der Waals surface area (Å²) < 4.78 is 27.4. The maximum absolute atomic E-state index is 14.8. The second kappa shape index (κ2) is 10.1. The Morgan fingerprint density at radius 1 is 1.20 bits per heavy atom. The molecule has 2 unspecified atom stereocenters. The minimum atomic E-state index is -1.28. The Hall–Kier alpha value is -2.79. The van der Waals surface area contributed by atoms with Gasteiger partial charge in [-0.15, -0.1) is 0 Å². The van der Waals surface area contributed by atoms with E-state index in [0.29, 0.717) is 25.1 Å². The topological polar surface area (TPSA) is 113 Å². The van der Waals surface area contributed by atoms with Crippen LogP contribution in [-0.2, 0) is 16.3 Å². The highest BCUT2D eigenvalue weighted by molar-refractivity contribution is 6.76. The van der Waals surface area contributed by atoms with E-state index in [9.17, 15) is 14.0 Å². The summed E-state index contributed by atoms with van der Waals surface area (Å²) in [6.45, 7) is 7.45. The number of rotatable bonds is 9. The number of carbonyl (C=O) groups is 2. The molecule has 0 saturated carbocycles. The average molecular weight is 504 g/mol. The lowest BCUT2D eigenvalue weighted by molar-refractivity contribution is -0.123. The molecule has 2 amide bonds. The number of piperidine rings is 1. The predicted molar refractivity (Wildman–Crippen MR) is 131 cm³/mol. The van der Waals surface area contributed by atoms with Gasteiger partial charge in [0.1, 0.15) is 6.73 Å². The maximum Gasteiger partial charge on any atom is 0.274 e. The lowest BCUT2D eigenvalue weighted by Gasteiger charge is -2.37. The number of pyridine rings is 1. The minimum Gasteiger partial charge on any atom is -0.481 e. The quantitative estimate of drug-likeness (QED) is 0.415. The number of carbonyl (C=O) groups excluding carboxylic acids is 2. The van der Waals surface area contributed by atoms with Gasteiger partial charge in [-0.3, -0.25) is 9.59 Å². The van der Waals surface area contributed by atoms with Gasteiger partial charge in [0, 0.05) is 44.3 Å². The lowest BCUT2D eigenvalue weighted by Crippen LogP contribution is -2.49. The SMILES string of the molecule is COc1cc(-c2cc(C(=O)N3C4CCC3CC(C(N)=O)C4)nn2COCC[Si](C)(C)C)c(F)cn1. The zero-order valence-electron chi connectivity index (χ0n) is 20.8. The zero-order valence-corrected chi connectivity index (χ0v) is 21.8. The highest BCUT2D eigenvalue weighted by Crippen LogP contribution is 2.39. The van der Waals surface area contributed by atoms with E-state index < -0.39 is 13.9 Å². The lowest BCUT2D eigenvalue weighted by atomic mass is 9.90. The summed E-state index contributed by atoms with van der Waals surface area (Å²) in [6.07, 6.45) is 3.91. The van der Waals surface area contributed by atoms with Gasteiger partial charge in [0.15, 0.2) is 11.5 Å². The Bertz CT molecular complexity index is 1090. The molecule has 2 aliphatic rings. The van der Waals surface area contributed by atoms with Gasteiger partial charge < -0.3 is 20.1 Å². The van der Waals surface area contributed by atoms with E-state index in [4.69, 9.17) is 15.2 Å². The summed E-state index contributed by atoms with van der Waals surface area (Å²) in [5.41, 5.74) is 6.41. The summed E-state index contributed by atoms with van der Waals surface area (Å²) in [7, 11) is 0.175. The first-order valence-corrected chi connectivity index (χ1v) is 15.8. The van der Waals surface area contributed by atoms with Gasteiger partial charge in [0.05, 0.1) is 19.0 Å². The van der Waals surface area contributed by atoms with Crippen LogP contribution >= 0.6 is 0 Å². The molecule has 2 aromatic rings. The van der Waals surface area contributed by atoms with Crippen LogP contribution in [0.1, 0.15) is 36.2 Å². The van der Waals surface area contributed by atoms with E-state index in [0.717, 1.165) is 25.1 Å². The normalized spacial score (nSPS) is 21.9. The number of amides is 2. The molecule has 2 aromatic heterocycles. The number of hydrogen-bond donors (Lipinski definition) is 1. The first kappa shape index (κ1) is 25.3. The summed E-state index contributed by atoms with van der Waals surface area (Å²) in [5, 5.41) is 4.54. The number of aromatic nitrogens is 3. The second-order valence-corrected chi connectivity index (χ2v) is 16.3. The van der Waals surface area contributed by atoms with Gasteiger partial charge in [-0.05, 0) is 37.8 Å². The molecule has 0 spiro atoms. The van der Waals surface area contributed by atoms with Crippen molar-refractivity contribution in [2.75, 3.05) is 13.7 Å². The summed E-state index contributed by atoms with van der Waals surface area (Å²) in [6, 6.07) is 3.98. The smallest absolute Gasteiger partial charge is 0.274 e. The fourth-order valence-electron chi connectivity index (χ4n) is 4.97. The van der Waals surface area contributed by atoms with Gasteiger partial charge in [-0.1, -0.05) is 19.6 Å². The molecule has 190 valence electrons. The maximum atomic E-state index is 14.8. The van der Waals surface area contributed by atoms with E-state index >= 15 is 0 Å². The number of fused-ring (bicyclic) bond motifs is 2. The number of nitrogens with two attached hydrogens (primary N) is 1. The number of methoxy groups -OCH3 is 1. The van der Waals surface area contributed by atoms with Crippen LogP contribution in [0.4, 0.5) is 4.39 Å². The molecule has 4 rings (SSSR count). The Balaban J connectivity index is 1.62. The molecular formula is C24H34FN5O4Si. The molecule has 9 nitrogen and oxygen atoms in total. The Kier molecular flexibility index (Phi) is 7.27. The number of primary amides is 1. The zero-order chi connectivity index (χ0) is 25.3. The van der Waals surface area contributed by atoms with Crippen molar-refractivity contribution in [2.45, 2.75) is 70.2 Å². The molecule has 0 aromatic carbocycles. The van der Waals surface area contributed by atoms with Gasteiger partial charge in [-0.2, -0.15) is 5.10 Å². The van der Waals surface area contributed by atoms with Crippen molar-refractivity contribution in [2.24, 2.45) is 11.7 Å². The van der Waals surface area contributed by atoms with Crippen LogP contribution in [-0.4, -0.2) is 65.4 Å². The fraction of sp³-hybridized carbons (Fsp3) is 0.583. The molecule has 0 radical (unpaired) electrons. The molecule has 4 heterocycles. The van der Waals surface area contributed by atoms with Crippen LogP contribution in [0, 0.1) is 11.7 Å². The monoisotopic (exact) mass is 503 g/mol. The third-order valence-corrected chi connectivity index (χ3v) is 8.60.